The Labute approximate surface area is 91.8 Å². The van der Waals surface area contributed by atoms with Crippen molar-refractivity contribution in [2.75, 3.05) is 19.0 Å². The molecule has 15 heavy (non-hydrogen) atoms. The summed E-state index contributed by atoms with van der Waals surface area (Å²) in [5, 5.41) is 2.57. The predicted octanol–water partition coefficient (Wildman–Crippen LogP) is 0.0422. The van der Waals surface area contributed by atoms with Gasteiger partial charge < -0.3 is 15.8 Å². The van der Waals surface area contributed by atoms with E-state index in [1.54, 1.807) is 0 Å². The predicted molar refractivity (Wildman–Crippen MR) is 55.5 cm³/mol. The molecule has 1 heterocycles. The average Bonchev–Trinajstić information content (AvgIpc) is 2.19. The maximum Gasteiger partial charge on any atom is 0.255 e. The number of aromatic nitrogens is 2. The highest BCUT2D eigenvalue weighted by atomic mass is 35.5. The molecule has 0 aliphatic rings. The maximum absolute atomic E-state index is 11.5. The highest BCUT2D eigenvalue weighted by Gasteiger charge is 2.16. The van der Waals surface area contributed by atoms with Crippen LogP contribution in [-0.2, 0) is 9.53 Å². The van der Waals surface area contributed by atoms with E-state index in [-0.39, 0.29) is 17.7 Å². The van der Waals surface area contributed by atoms with Crippen LogP contribution in [-0.4, -0.2) is 35.6 Å². The van der Waals surface area contributed by atoms with Crippen LogP contribution >= 0.6 is 11.6 Å². The molecule has 6 nitrogen and oxygen atoms in total. The monoisotopic (exact) mass is 230 g/mol. The molecule has 1 aromatic heterocycles. The topological polar surface area (TPSA) is 90.1 Å². The van der Waals surface area contributed by atoms with Crippen LogP contribution in [0.25, 0.3) is 0 Å². The molecule has 1 amide bonds. The Hall–Kier alpha value is -1.24. The van der Waals surface area contributed by atoms with Crippen LogP contribution in [0.3, 0.4) is 0 Å². The van der Waals surface area contributed by atoms with Gasteiger partial charge in [0.25, 0.3) is 5.91 Å². The molecule has 3 N–H and O–H groups in total. The normalized spacial score (nSPS) is 12.2. The zero-order chi connectivity index (χ0) is 11.3. The van der Waals surface area contributed by atoms with Crippen LogP contribution in [0.4, 0.5) is 5.82 Å². The third-order valence-electron chi connectivity index (χ3n) is 1.67. The molecule has 0 aliphatic carbocycles. The first-order chi connectivity index (χ1) is 7.17. The number of carbonyl (C=O) groups excluding carboxylic acids is 1. The van der Waals surface area contributed by atoms with E-state index in [1.165, 1.54) is 19.4 Å². The van der Waals surface area contributed by atoms with E-state index in [1.807, 2.05) is 0 Å². The van der Waals surface area contributed by atoms with Crippen molar-refractivity contribution in [1.82, 2.24) is 9.97 Å². The zero-order valence-corrected chi connectivity index (χ0v) is 8.86. The number of anilines is 1. The lowest BCUT2D eigenvalue weighted by atomic mass is 10.3. The van der Waals surface area contributed by atoms with E-state index in [4.69, 9.17) is 22.1 Å². The minimum atomic E-state index is -0.696. The van der Waals surface area contributed by atoms with Gasteiger partial charge in [-0.3, -0.25) is 4.79 Å². The van der Waals surface area contributed by atoms with Crippen molar-refractivity contribution in [3.8, 4) is 0 Å². The lowest BCUT2D eigenvalue weighted by Gasteiger charge is -2.12. The number of carbonyl (C=O) groups is 1. The maximum atomic E-state index is 11.5. The molecule has 1 unspecified atom stereocenters. The van der Waals surface area contributed by atoms with Gasteiger partial charge in [0.05, 0.1) is 0 Å². The number of hydrogen-bond donors (Lipinski definition) is 2. The standard InChI is InChI=1S/C8H11ClN4O2/c1-15-5(4-10)7(14)12-6-2-3-11-8(9)13-6/h2-3,5H,4,10H2,1H3,(H,11,12,13,14). The molecule has 82 valence electrons. The molecule has 0 bridgehead atoms. The van der Waals surface area contributed by atoms with E-state index in [0.717, 1.165) is 0 Å². The van der Waals surface area contributed by atoms with Gasteiger partial charge in [-0.1, -0.05) is 0 Å². The van der Waals surface area contributed by atoms with Crippen molar-refractivity contribution in [3.63, 3.8) is 0 Å². The summed E-state index contributed by atoms with van der Waals surface area (Å²) in [7, 11) is 1.41. The average molecular weight is 231 g/mol. The van der Waals surface area contributed by atoms with Crippen LogP contribution in [0.1, 0.15) is 0 Å². The Morgan fingerprint density at radius 2 is 2.53 bits per heavy atom. The second-order valence-electron chi connectivity index (χ2n) is 2.66. The van der Waals surface area contributed by atoms with Crippen LogP contribution in [0.5, 0.6) is 0 Å². The summed E-state index contributed by atoms with van der Waals surface area (Å²) >= 11 is 5.55. The number of rotatable bonds is 4. The number of methoxy groups -OCH3 is 1. The Bertz CT molecular complexity index is 343. The zero-order valence-electron chi connectivity index (χ0n) is 8.11. The Balaban J connectivity index is 2.65. The molecule has 0 saturated heterocycles. The van der Waals surface area contributed by atoms with Gasteiger partial charge in [0.1, 0.15) is 11.9 Å². The van der Waals surface area contributed by atoms with Crippen molar-refractivity contribution in [2.24, 2.45) is 5.73 Å². The second-order valence-corrected chi connectivity index (χ2v) is 3.00. The van der Waals surface area contributed by atoms with Gasteiger partial charge in [0, 0.05) is 19.9 Å². The molecule has 1 atom stereocenters. The van der Waals surface area contributed by atoms with Crippen LogP contribution in [0, 0.1) is 0 Å². The van der Waals surface area contributed by atoms with E-state index in [2.05, 4.69) is 15.3 Å². The molecule has 0 aromatic carbocycles. The van der Waals surface area contributed by atoms with Crippen molar-refractivity contribution >= 4 is 23.3 Å². The summed E-state index contributed by atoms with van der Waals surface area (Å²) in [5.74, 6) is -0.0507. The minimum Gasteiger partial charge on any atom is -0.370 e. The largest absolute Gasteiger partial charge is 0.370 e. The lowest BCUT2D eigenvalue weighted by molar-refractivity contribution is -0.125. The number of nitrogens with two attached hydrogens (primary N) is 1. The quantitative estimate of drug-likeness (QED) is 0.713. The summed E-state index contributed by atoms with van der Waals surface area (Å²) in [6.07, 6.45) is 0.744. The molecule has 1 aromatic rings. The fourth-order valence-electron chi connectivity index (χ4n) is 0.922. The third kappa shape index (κ3) is 3.43. The molecule has 1 rings (SSSR count). The van der Waals surface area contributed by atoms with Crippen LogP contribution < -0.4 is 11.1 Å². The highest BCUT2D eigenvalue weighted by molar-refractivity contribution is 6.28. The van der Waals surface area contributed by atoms with Crippen LogP contribution in [0.2, 0.25) is 5.28 Å². The molecule has 0 spiro atoms. The molecule has 0 fully saturated rings. The van der Waals surface area contributed by atoms with E-state index in [9.17, 15) is 4.79 Å². The van der Waals surface area contributed by atoms with E-state index in [0.29, 0.717) is 5.82 Å². The first-order valence-electron chi connectivity index (χ1n) is 4.19. The summed E-state index contributed by atoms with van der Waals surface area (Å²) < 4.78 is 4.85. The Morgan fingerprint density at radius 3 is 3.07 bits per heavy atom. The smallest absolute Gasteiger partial charge is 0.255 e. The van der Waals surface area contributed by atoms with Crippen molar-refractivity contribution in [3.05, 3.63) is 17.5 Å². The molecular weight excluding hydrogens is 220 g/mol. The number of hydrogen-bond acceptors (Lipinski definition) is 5. The minimum absolute atomic E-state index is 0.0644. The van der Waals surface area contributed by atoms with Gasteiger partial charge in [-0.25, -0.2) is 9.97 Å². The molecule has 0 aliphatic heterocycles. The second kappa shape index (κ2) is 5.59. The lowest BCUT2D eigenvalue weighted by Crippen LogP contribution is -2.36. The van der Waals surface area contributed by atoms with Gasteiger partial charge in [-0.15, -0.1) is 0 Å². The number of ether oxygens (including phenoxy) is 1. The van der Waals surface area contributed by atoms with E-state index >= 15 is 0 Å². The Morgan fingerprint density at radius 1 is 1.80 bits per heavy atom. The van der Waals surface area contributed by atoms with Gasteiger partial charge in [-0.2, -0.15) is 0 Å². The first-order valence-corrected chi connectivity index (χ1v) is 4.57. The van der Waals surface area contributed by atoms with Crippen molar-refractivity contribution in [1.29, 1.82) is 0 Å². The summed E-state index contributed by atoms with van der Waals surface area (Å²) in [5.41, 5.74) is 5.32. The van der Waals surface area contributed by atoms with Gasteiger partial charge >= 0.3 is 0 Å². The fraction of sp³-hybridized carbons (Fsp3) is 0.375. The molecule has 0 saturated carbocycles. The third-order valence-corrected chi connectivity index (χ3v) is 1.85. The number of nitrogens with one attached hydrogen (secondary N) is 1. The summed E-state index contributed by atoms with van der Waals surface area (Å²) in [6.45, 7) is 0.0984. The SMILES string of the molecule is COC(CN)C(=O)Nc1ccnc(Cl)n1. The fourth-order valence-corrected chi connectivity index (χ4v) is 1.07. The van der Waals surface area contributed by atoms with Crippen LogP contribution in [0.15, 0.2) is 12.3 Å². The molecule has 7 heteroatoms. The summed E-state index contributed by atoms with van der Waals surface area (Å²) in [4.78, 5) is 18.9. The van der Waals surface area contributed by atoms with Crippen molar-refractivity contribution < 1.29 is 9.53 Å². The number of nitrogens with zero attached hydrogens (tertiary/aromatic N) is 2. The van der Waals surface area contributed by atoms with Crippen molar-refractivity contribution in [2.45, 2.75) is 6.10 Å². The Kier molecular flexibility index (Phi) is 4.41. The van der Waals surface area contributed by atoms with Gasteiger partial charge in [0.15, 0.2) is 0 Å². The van der Waals surface area contributed by atoms with E-state index < -0.39 is 6.10 Å². The van der Waals surface area contributed by atoms with Gasteiger partial charge in [-0.05, 0) is 17.7 Å². The number of halogens is 1. The van der Waals surface area contributed by atoms with Gasteiger partial charge in [0.2, 0.25) is 5.28 Å². The first kappa shape index (κ1) is 11.8. The highest BCUT2D eigenvalue weighted by Crippen LogP contribution is 2.06. The molecule has 0 radical (unpaired) electrons. The number of amides is 1. The molecular formula is C8H11ClN4O2. The summed E-state index contributed by atoms with van der Waals surface area (Å²) in [6, 6.07) is 1.52.